The van der Waals surface area contributed by atoms with Crippen LogP contribution in [0.5, 0.6) is 0 Å². The summed E-state index contributed by atoms with van der Waals surface area (Å²) >= 11 is 0. The zero-order chi connectivity index (χ0) is 14.1. The third-order valence-corrected chi connectivity index (χ3v) is 3.42. The quantitative estimate of drug-likeness (QED) is 0.570. The minimum Gasteiger partial charge on any atom is -0.469 e. The zero-order valence-corrected chi connectivity index (χ0v) is 12.0. The van der Waals surface area contributed by atoms with E-state index in [-0.39, 0.29) is 12.0 Å². The topological polar surface area (TPSA) is 61.9 Å². The minimum absolute atomic E-state index is 0.00817. The van der Waals surface area contributed by atoms with Crippen LogP contribution in [0.15, 0.2) is 0 Å². The highest BCUT2D eigenvalue weighted by Crippen LogP contribution is 2.02. The maximum atomic E-state index is 11.9. The predicted octanol–water partition coefficient (Wildman–Crippen LogP) is 0.677. The van der Waals surface area contributed by atoms with Crippen LogP contribution in [0, 0.1) is 0 Å². The molecule has 6 nitrogen and oxygen atoms in total. The number of nitrogens with zero attached hydrogens (tertiary/aromatic N) is 2. The van der Waals surface area contributed by atoms with Gasteiger partial charge in [0, 0.05) is 39.1 Å². The number of rotatable bonds is 6. The lowest BCUT2D eigenvalue weighted by Gasteiger charge is -2.34. The maximum absolute atomic E-state index is 11.9. The van der Waals surface area contributed by atoms with Crippen LogP contribution >= 0.6 is 0 Å². The van der Waals surface area contributed by atoms with Crippen molar-refractivity contribution in [3.05, 3.63) is 0 Å². The first-order chi connectivity index (χ1) is 9.17. The zero-order valence-electron chi connectivity index (χ0n) is 12.0. The number of esters is 1. The molecule has 1 saturated heterocycles. The number of hydrogen-bond acceptors (Lipinski definition) is 4. The van der Waals surface area contributed by atoms with Crippen molar-refractivity contribution >= 4 is 12.0 Å². The van der Waals surface area contributed by atoms with Gasteiger partial charge in [-0.2, -0.15) is 0 Å². The third-order valence-electron chi connectivity index (χ3n) is 3.42. The lowest BCUT2D eigenvalue weighted by molar-refractivity contribution is -0.140. The van der Waals surface area contributed by atoms with E-state index in [1.165, 1.54) is 7.11 Å². The number of urea groups is 1. The molecule has 1 aliphatic heterocycles. The summed E-state index contributed by atoms with van der Waals surface area (Å²) in [7, 11) is 1.39. The number of likely N-dealkylation sites (N-methyl/N-ethyl adjacent to an activating group) is 1. The molecule has 0 unspecified atom stereocenters. The standard InChI is InChI=1S/C13H25N3O3/c1-3-15-8-10-16(11-9-15)13(18)14-7-5-4-6-12(17)19-2/h3-11H2,1-2H3,(H,14,18). The Morgan fingerprint density at radius 2 is 1.84 bits per heavy atom. The number of methoxy groups -OCH3 is 1. The average Bonchev–Trinajstić information content (AvgIpc) is 2.46. The molecule has 0 radical (unpaired) electrons. The Bertz CT molecular complexity index is 289. The molecule has 0 atom stereocenters. The van der Waals surface area contributed by atoms with E-state index in [4.69, 9.17) is 0 Å². The van der Waals surface area contributed by atoms with E-state index in [1.54, 1.807) is 0 Å². The summed E-state index contributed by atoms with van der Waals surface area (Å²) in [5, 5.41) is 2.89. The van der Waals surface area contributed by atoms with E-state index in [0.29, 0.717) is 13.0 Å². The summed E-state index contributed by atoms with van der Waals surface area (Å²) in [5.41, 5.74) is 0. The molecule has 6 heteroatoms. The minimum atomic E-state index is -0.193. The van der Waals surface area contributed by atoms with E-state index in [2.05, 4.69) is 21.9 Å². The van der Waals surface area contributed by atoms with E-state index < -0.39 is 0 Å². The van der Waals surface area contributed by atoms with Gasteiger partial charge in [0.15, 0.2) is 0 Å². The Labute approximate surface area is 115 Å². The summed E-state index contributed by atoms with van der Waals surface area (Å²) in [4.78, 5) is 26.9. The van der Waals surface area contributed by atoms with Crippen molar-refractivity contribution in [1.29, 1.82) is 0 Å². The molecule has 0 bridgehead atoms. The van der Waals surface area contributed by atoms with Crippen molar-refractivity contribution in [2.24, 2.45) is 0 Å². The number of nitrogens with one attached hydrogen (secondary N) is 1. The Morgan fingerprint density at radius 3 is 2.42 bits per heavy atom. The lowest BCUT2D eigenvalue weighted by Crippen LogP contribution is -2.51. The summed E-state index contributed by atoms with van der Waals surface area (Å²) in [6.07, 6.45) is 1.97. The highest BCUT2D eigenvalue weighted by Gasteiger charge is 2.19. The molecule has 0 aromatic carbocycles. The van der Waals surface area contributed by atoms with Crippen LogP contribution in [-0.4, -0.2) is 68.2 Å². The molecule has 0 aromatic heterocycles. The van der Waals surface area contributed by atoms with Crippen molar-refractivity contribution in [3.8, 4) is 0 Å². The fourth-order valence-electron chi connectivity index (χ4n) is 2.07. The first kappa shape index (κ1) is 15.8. The van der Waals surface area contributed by atoms with E-state index in [1.807, 2.05) is 4.90 Å². The molecule has 1 aliphatic rings. The molecule has 0 saturated carbocycles. The van der Waals surface area contributed by atoms with Gasteiger partial charge in [0.25, 0.3) is 0 Å². The Hall–Kier alpha value is -1.30. The first-order valence-electron chi connectivity index (χ1n) is 6.99. The number of ether oxygens (including phenoxy) is 1. The van der Waals surface area contributed by atoms with Crippen LogP contribution in [0.25, 0.3) is 0 Å². The van der Waals surface area contributed by atoms with Gasteiger partial charge in [-0.25, -0.2) is 4.79 Å². The molecule has 0 aromatic rings. The number of hydrogen-bond donors (Lipinski definition) is 1. The lowest BCUT2D eigenvalue weighted by atomic mass is 10.2. The third kappa shape index (κ3) is 5.92. The summed E-state index contributed by atoms with van der Waals surface area (Å²) in [5.74, 6) is -0.193. The van der Waals surface area contributed by atoms with Crippen LogP contribution < -0.4 is 5.32 Å². The van der Waals surface area contributed by atoms with Gasteiger partial charge in [-0.1, -0.05) is 6.92 Å². The molecular formula is C13H25N3O3. The maximum Gasteiger partial charge on any atom is 0.317 e. The number of carbonyl (C=O) groups is 2. The molecule has 1 N–H and O–H groups in total. The van der Waals surface area contributed by atoms with E-state index in [0.717, 1.165) is 45.6 Å². The van der Waals surface area contributed by atoms with Crippen molar-refractivity contribution in [2.75, 3.05) is 46.4 Å². The van der Waals surface area contributed by atoms with Crippen LogP contribution in [-0.2, 0) is 9.53 Å². The normalized spacial score (nSPS) is 16.2. The second-order valence-electron chi connectivity index (χ2n) is 4.69. The molecule has 1 rings (SSSR count). The van der Waals surface area contributed by atoms with Crippen molar-refractivity contribution < 1.29 is 14.3 Å². The summed E-state index contributed by atoms with van der Waals surface area (Å²) < 4.78 is 4.55. The first-order valence-corrected chi connectivity index (χ1v) is 6.99. The molecule has 0 spiro atoms. The highest BCUT2D eigenvalue weighted by molar-refractivity contribution is 5.74. The molecule has 0 aliphatic carbocycles. The van der Waals surface area contributed by atoms with Gasteiger partial charge in [0.1, 0.15) is 0 Å². The number of unbranched alkanes of at least 4 members (excludes halogenated alkanes) is 1. The molecule has 110 valence electrons. The average molecular weight is 271 g/mol. The highest BCUT2D eigenvalue weighted by atomic mass is 16.5. The van der Waals surface area contributed by atoms with Gasteiger partial charge < -0.3 is 19.9 Å². The Kier molecular flexibility index (Phi) is 7.25. The smallest absolute Gasteiger partial charge is 0.317 e. The number of carbonyl (C=O) groups excluding carboxylic acids is 2. The summed E-state index contributed by atoms with van der Waals surface area (Å²) in [6, 6.07) is 0.00817. The van der Waals surface area contributed by atoms with E-state index >= 15 is 0 Å². The predicted molar refractivity (Wildman–Crippen MR) is 73.0 cm³/mol. The molecule has 19 heavy (non-hydrogen) atoms. The fourth-order valence-corrected chi connectivity index (χ4v) is 2.07. The molecule has 2 amide bonds. The van der Waals surface area contributed by atoms with Gasteiger partial charge >= 0.3 is 12.0 Å². The van der Waals surface area contributed by atoms with Crippen LogP contribution in [0.4, 0.5) is 4.79 Å². The fraction of sp³-hybridized carbons (Fsp3) is 0.846. The van der Waals surface area contributed by atoms with E-state index in [9.17, 15) is 9.59 Å². The number of amides is 2. The molecule has 1 fully saturated rings. The van der Waals surface area contributed by atoms with Crippen molar-refractivity contribution in [2.45, 2.75) is 26.2 Å². The molecule has 1 heterocycles. The Morgan fingerprint density at radius 1 is 1.16 bits per heavy atom. The van der Waals surface area contributed by atoms with Crippen LogP contribution in [0.2, 0.25) is 0 Å². The van der Waals surface area contributed by atoms with Crippen LogP contribution in [0.3, 0.4) is 0 Å². The van der Waals surface area contributed by atoms with Gasteiger partial charge in [-0.3, -0.25) is 4.79 Å². The second kappa shape index (κ2) is 8.74. The van der Waals surface area contributed by atoms with Crippen molar-refractivity contribution in [3.63, 3.8) is 0 Å². The van der Waals surface area contributed by atoms with Crippen molar-refractivity contribution in [1.82, 2.24) is 15.1 Å². The Balaban J connectivity index is 2.06. The second-order valence-corrected chi connectivity index (χ2v) is 4.69. The SMILES string of the molecule is CCN1CCN(C(=O)NCCCCC(=O)OC)CC1. The van der Waals surface area contributed by atoms with Gasteiger partial charge in [-0.15, -0.1) is 0 Å². The summed E-state index contributed by atoms with van der Waals surface area (Å²) in [6.45, 7) is 7.28. The largest absolute Gasteiger partial charge is 0.469 e. The van der Waals surface area contributed by atoms with Crippen LogP contribution in [0.1, 0.15) is 26.2 Å². The monoisotopic (exact) mass is 271 g/mol. The van der Waals surface area contributed by atoms with Gasteiger partial charge in [-0.05, 0) is 19.4 Å². The molecular weight excluding hydrogens is 246 g/mol. The van der Waals surface area contributed by atoms with Gasteiger partial charge in [0.2, 0.25) is 0 Å². The van der Waals surface area contributed by atoms with Gasteiger partial charge in [0.05, 0.1) is 7.11 Å². The number of piperazine rings is 1.